The first kappa shape index (κ1) is 16.2. The van der Waals surface area contributed by atoms with Crippen LogP contribution in [-0.4, -0.2) is 39.2 Å². The summed E-state index contributed by atoms with van der Waals surface area (Å²) >= 11 is 0.946. The van der Waals surface area contributed by atoms with E-state index in [-0.39, 0.29) is 27.9 Å². The van der Waals surface area contributed by atoms with Gasteiger partial charge < -0.3 is 15.4 Å². The lowest BCUT2D eigenvalue weighted by Gasteiger charge is -2.07. The number of aromatic amines is 1. The summed E-state index contributed by atoms with van der Waals surface area (Å²) in [5.41, 5.74) is -0.469. The van der Waals surface area contributed by atoms with Crippen molar-refractivity contribution in [1.82, 2.24) is 15.3 Å². The standard InChI is InChI=1S/C12H17N3O4S/c1-3-4-5-13-8(16)6-20-10-9(11(17)18)7(2)14-12(19)15-10/h3-6H2,1-2H3,(H,13,16)(H,17,18)(H,14,15,19). The van der Waals surface area contributed by atoms with Crippen molar-refractivity contribution in [1.29, 1.82) is 0 Å². The van der Waals surface area contributed by atoms with E-state index in [9.17, 15) is 14.4 Å². The van der Waals surface area contributed by atoms with Gasteiger partial charge >= 0.3 is 11.7 Å². The highest BCUT2D eigenvalue weighted by Crippen LogP contribution is 2.20. The molecule has 20 heavy (non-hydrogen) atoms. The van der Waals surface area contributed by atoms with Crippen molar-refractivity contribution >= 4 is 23.6 Å². The molecule has 1 rings (SSSR count). The number of aryl methyl sites for hydroxylation is 1. The van der Waals surface area contributed by atoms with Crippen LogP contribution in [0.2, 0.25) is 0 Å². The Kier molecular flexibility index (Phi) is 6.23. The number of aromatic nitrogens is 2. The van der Waals surface area contributed by atoms with Gasteiger partial charge in [0.15, 0.2) is 0 Å². The fourth-order valence-corrected chi connectivity index (χ4v) is 2.41. The van der Waals surface area contributed by atoms with Gasteiger partial charge in [0.2, 0.25) is 5.91 Å². The molecule has 0 atom stereocenters. The van der Waals surface area contributed by atoms with Crippen LogP contribution in [0.5, 0.6) is 0 Å². The highest BCUT2D eigenvalue weighted by atomic mass is 32.2. The number of amides is 1. The van der Waals surface area contributed by atoms with E-state index >= 15 is 0 Å². The van der Waals surface area contributed by atoms with Gasteiger partial charge in [-0.3, -0.25) is 4.79 Å². The summed E-state index contributed by atoms with van der Waals surface area (Å²) in [5.74, 6) is -1.36. The quantitative estimate of drug-likeness (QED) is 0.390. The van der Waals surface area contributed by atoms with Gasteiger partial charge in [-0.05, 0) is 13.3 Å². The van der Waals surface area contributed by atoms with Gasteiger partial charge in [-0.15, -0.1) is 0 Å². The number of nitrogens with one attached hydrogen (secondary N) is 2. The largest absolute Gasteiger partial charge is 0.478 e. The summed E-state index contributed by atoms with van der Waals surface area (Å²) in [4.78, 5) is 39.9. The fraction of sp³-hybridized carbons (Fsp3) is 0.500. The number of carboxylic acids is 1. The molecule has 0 aliphatic rings. The molecule has 110 valence electrons. The lowest BCUT2D eigenvalue weighted by Crippen LogP contribution is -2.26. The van der Waals surface area contributed by atoms with Crippen molar-refractivity contribution in [2.75, 3.05) is 12.3 Å². The third kappa shape index (κ3) is 4.69. The number of carbonyl (C=O) groups is 2. The second-order valence-corrected chi connectivity index (χ2v) is 5.11. The third-order valence-corrected chi connectivity index (χ3v) is 3.47. The highest BCUT2D eigenvalue weighted by molar-refractivity contribution is 8.00. The molecule has 0 unspecified atom stereocenters. The van der Waals surface area contributed by atoms with E-state index in [1.54, 1.807) is 0 Å². The van der Waals surface area contributed by atoms with Gasteiger partial charge in [0.25, 0.3) is 0 Å². The molecule has 1 amide bonds. The smallest absolute Gasteiger partial charge is 0.346 e. The zero-order valence-corrected chi connectivity index (χ0v) is 12.2. The Bertz CT molecular complexity index is 556. The van der Waals surface area contributed by atoms with Gasteiger partial charge in [-0.2, -0.15) is 4.98 Å². The summed E-state index contributed by atoms with van der Waals surface area (Å²) in [7, 11) is 0. The number of carboxylic acid groups (broad SMARTS) is 1. The van der Waals surface area contributed by atoms with Crippen molar-refractivity contribution in [2.45, 2.75) is 31.7 Å². The van der Waals surface area contributed by atoms with E-state index < -0.39 is 11.7 Å². The Balaban J connectivity index is 2.75. The van der Waals surface area contributed by atoms with Gasteiger partial charge in [0.1, 0.15) is 10.6 Å². The van der Waals surface area contributed by atoms with Crippen molar-refractivity contribution in [3.8, 4) is 0 Å². The number of unbranched alkanes of at least 4 members (excludes halogenated alkanes) is 1. The van der Waals surface area contributed by atoms with E-state index in [0.717, 1.165) is 24.6 Å². The monoisotopic (exact) mass is 299 g/mol. The summed E-state index contributed by atoms with van der Waals surface area (Å²) in [6.07, 6.45) is 1.87. The summed E-state index contributed by atoms with van der Waals surface area (Å²) < 4.78 is 0. The number of carbonyl (C=O) groups excluding carboxylic acids is 1. The van der Waals surface area contributed by atoms with E-state index in [1.165, 1.54) is 6.92 Å². The van der Waals surface area contributed by atoms with Crippen molar-refractivity contribution < 1.29 is 14.7 Å². The predicted molar refractivity (Wildman–Crippen MR) is 75.2 cm³/mol. The molecule has 0 radical (unpaired) electrons. The van der Waals surface area contributed by atoms with E-state index in [2.05, 4.69) is 15.3 Å². The first-order valence-corrected chi connectivity index (χ1v) is 7.18. The second kappa shape index (κ2) is 7.68. The molecule has 0 aromatic carbocycles. The molecule has 1 aromatic rings. The molecule has 0 aliphatic heterocycles. The summed E-state index contributed by atoms with van der Waals surface area (Å²) in [6.45, 7) is 4.09. The zero-order chi connectivity index (χ0) is 15.1. The van der Waals surface area contributed by atoms with Crippen LogP contribution in [0.25, 0.3) is 0 Å². The molecule has 0 fully saturated rings. The number of rotatable bonds is 7. The van der Waals surface area contributed by atoms with Crippen LogP contribution in [0.3, 0.4) is 0 Å². The maximum absolute atomic E-state index is 11.5. The maximum Gasteiger partial charge on any atom is 0.346 e. The molecule has 1 aromatic heterocycles. The first-order valence-electron chi connectivity index (χ1n) is 6.19. The van der Waals surface area contributed by atoms with Crippen molar-refractivity contribution in [3.05, 3.63) is 21.7 Å². The Morgan fingerprint density at radius 2 is 2.15 bits per heavy atom. The molecule has 8 heteroatoms. The molecule has 3 N–H and O–H groups in total. The molecule has 0 bridgehead atoms. The minimum Gasteiger partial charge on any atom is -0.478 e. The second-order valence-electron chi connectivity index (χ2n) is 4.14. The van der Waals surface area contributed by atoms with Crippen LogP contribution in [0, 0.1) is 6.92 Å². The Morgan fingerprint density at radius 1 is 1.45 bits per heavy atom. The Hall–Kier alpha value is -1.83. The van der Waals surface area contributed by atoms with Crippen LogP contribution in [0.4, 0.5) is 0 Å². The minimum atomic E-state index is -1.18. The Labute approximate surface area is 120 Å². The van der Waals surface area contributed by atoms with Crippen LogP contribution in [0.15, 0.2) is 9.82 Å². The van der Waals surface area contributed by atoms with Crippen LogP contribution in [0.1, 0.15) is 35.8 Å². The van der Waals surface area contributed by atoms with E-state index in [0.29, 0.717) is 6.54 Å². The third-order valence-electron chi connectivity index (χ3n) is 2.49. The number of hydrogen-bond donors (Lipinski definition) is 3. The normalized spacial score (nSPS) is 10.3. The molecular weight excluding hydrogens is 282 g/mol. The van der Waals surface area contributed by atoms with Crippen LogP contribution in [-0.2, 0) is 4.79 Å². The maximum atomic E-state index is 11.5. The van der Waals surface area contributed by atoms with Crippen molar-refractivity contribution in [3.63, 3.8) is 0 Å². The lowest BCUT2D eigenvalue weighted by molar-refractivity contribution is -0.118. The fourth-order valence-electron chi connectivity index (χ4n) is 1.51. The Morgan fingerprint density at radius 3 is 2.75 bits per heavy atom. The van der Waals surface area contributed by atoms with Crippen molar-refractivity contribution in [2.24, 2.45) is 0 Å². The number of nitrogens with zero attached hydrogens (tertiary/aromatic N) is 1. The summed E-state index contributed by atoms with van der Waals surface area (Å²) in [6, 6.07) is 0. The number of H-pyrrole nitrogens is 1. The molecule has 0 saturated carbocycles. The molecule has 7 nitrogen and oxygen atoms in total. The lowest BCUT2D eigenvalue weighted by atomic mass is 10.2. The molecular formula is C12H17N3O4S. The van der Waals surface area contributed by atoms with Crippen LogP contribution >= 0.6 is 11.8 Å². The van der Waals surface area contributed by atoms with Gasteiger partial charge in [0, 0.05) is 12.2 Å². The topological polar surface area (TPSA) is 112 Å². The summed E-state index contributed by atoms with van der Waals surface area (Å²) in [5, 5.41) is 11.9. The number of aromatic carboxylic acids is 1. The highest BCUT2D eigenvalue weighted by Gasteiger charge is 2.17. The van der Waals surface area contributed by atoms with Gasteiger partial charge in [-0.1, -0.05) is 25.1 Å². The van der Waals surface area contributed by atoms with E-state index in [4.69, 9.17) is 5.11 Å². The molecule has 1 heterocycles. The average molecular weight is 299 g/mol. The zero-order valence-electron chi connectivity index (χ0n) is 11.4. The van der Waals surface area contributed by atoms with Crippen LogP contribution < -0.4 is 11.0 Å². The van der Waals surface area contributed by atoms with Gasteiger partial charge in [0.05, 0.1) is 5.75 Å². The predicted octanol–water partition coefficient (Wildman–Crippen LogP) is 0.785. The minimum absolute atomic E-state index is 0.0277. The van der Waals surface area contributed by atoms with E-state index in [1.807, 2.05) is 6.92 Å². The number of thioether (sulfide) groups is 1. The number of hydrogen-bond acceptors (Lipinski definition) is 5. The molecule has 0 aliphatic carbocycles. The first-order chi connectivity index (χ1) is 9.45. The van der Waals surface area contributed by atoms with Gasteiger partial charge in [-0.25, -0.2) is 9.59 Å². The molecule has 0 saturated heterocycles. The SMILES string of the molecule is CCCCNC(=O)CSc1nc(=O)[nH]c(C)c1C(=O)O. The molecule has 0 spiro atoms. The average Bonchev–Trinajstić information content (AvgIpc) is 2.35.